The molecule has 42 heavy (non-hydrogen) atoms. The topological polar surface area (TPSA) is 200 Å². The summed E-state index contributed by atoms with van der Waals surface area (Å²) in [5.41, 5.74) is -4.89. The molecule has 0 saturated heterocycles. The Balaban J connectivity index is 3.06. The average Bonchev–Trinajstić information content (AvgIpc) is 2.91. The van der Waals surface area contributed by atoms with Gasteiger partial charge in [-0.3, -0.25) is 14.1 Å². The molecule has 0 atom stereocenters. The molecular weight excluding hydrogens is 576 g/mol. The zero-order valence-corrected chi connectivity index (χ0v) is 26.1. The zero-order valence-electron chi connectivity index (χ0n) is 25.3. The van der Waals surface area contributed by atoms with Crippen LogP contribution in [0.4, 0.5) is 0 Å². The fourth-order valence-corrected chi connectivity index (χ4v) is 3.32. The summed E-state index contributed by atoms with van der Waals surface area (Å²) in [4.78, 5) is 49.8. The molecule has 0 unspecified atom stereocenters. The van der Waals surface area contributed by atoms with Crippen LogP contribution in [0.2, 0.25) is 0 Å². The van der Waals surface area contributed by atoms with E-state index >= 15 is 0 Å². The molecule has 0 aromatic heterocycles. The van der Waals surface area contributed by atoms with Gasteiger partial charge in [0.25, 0.3) is 10.1 Å². The Morgan fingerprint density at radius 2 is 0.952 bits per heavy atom. The van der Waals surface area contributed by atoms with Crippen molar-refractivity contribution < 1.29 is 61.3 Å². The van der Waals surface area contributed by atoms with Gasteiger partial charge in [-0.15, -0.1) is 0 Å². The van der Waals surface area contributed by atoms with Crippen LogP contribution in [-0.4, -0.2) is 86.7 Å². The van der Waals surface area contributed by atoms with Gasteiger partial charge in [0.2, 0.25) is 0 Å². The molecule has 0 heterocycles. The van der Waals surface area contributed by atoms with Gasteiger partial charge in [-0.1, -0.05) is 27.7 Å². The SMILES string of the molecule is CC(C)(CO)COC(=O)C(C)(C)COC(=O)c1cc(C(=O)OCC(C)(C)C(=O)OCC(C)(C)CO)cc(S(=O)(=O)O)c1. The van der Waals surface area contributed by atoms with Crippen molar-refractivity contribution in [2.45, 2.75) is 60.3 Å². The molecule has 13 nitrogen and oxygen atoms in total. The number of aliphatic hydroxyl groups is 2. The van der Waals surface area contributed by atoms with Crippen molar-refractivity contribution >= 4 is 34.0 Å². The van der Waals surface area contributed by atoms with E-state index in [9.17, 15) is 42.4 Å². The van der Waals surface area contributed by atoms with Gasteiger partial charge in [-0.25, -0.2) is 9.59 Å². The first-order chi connectivity index (χ1) is 19.0. The van der Waals surface area contributed by atoms with Crippen LogP contribution in [0.1, 0.15) is 76.1 Å². The molecule has 0 aliphatic rings. The van der Waals surface area contributed by atoms with Crippen molar-refractivity contribution in [3.05, 3.63) is 29.3 Å². The highest BCUT2D eigenvalue weighted by molar-refractivity contribution is 7.85. The van der Waals surface area contributed by atoms with Gasteiger partial charge in [0, 0.05) is 10.8 Å². The molecule has 0 aliphatic carbocycles. The zero-order chi connectivity index (χ0) is 32.7. The van der Waals surface area contributed by atoms with Crippen LogP contribution in [0, 0.1) is 21.7 Å². The second-order valence-corrected chi connectivity index (χ2v) is 14.4. The number of esters is 4. The first-order valence-corrected chi connectivity index (χ1v) is 14.4. The monoisotopic (exact) mass is 618 g/mol. The van der Waals surface area contributed by atoms with Crippen LogP contribution < -0.4 is 0 Å². The number of hydrogen-bond donors (Lipinski definition) is 3. The lowest BCUT2D eigenvalue weighted by atomic mass is 9.93. The van der Waals surface area contributed by atoms with E-state index < -0.39 is 84.9 Å². The molecule has 1 aromatic rings. The second-order valence-electron chi connectivity index (χ2n) is 12.9. The molecule has 0 saturated carbocycles. The summed E-state index contributed by atoms with van der Waals surface area (Å²) < 4.78 is 54.1. The fourth-order valence-electron chi connectivity index (χ4n) is 2.76. The lowest BCUT2D eigenvalue weighted by Crippen LogP contribution is -2.36. The fraction of sp³-hybridized carbons (Fsp3) is 0.643. The number of benzene rings is 1. The van der Waals surface area contributed by atoms with E-state index in [-0.39, 0.29) is 26.4 Å². The van der Waals surface area contributed by atoms with Crippen molar-refractivity contribution in [2.75, 3.05) is 39.6 Å². The van der Waals surface area contributed by atoms with Gasteiger partial charge >= 0.3 is 23.9 Å². The van der Waals surface area contributed by atoms with Gasteiger partial charge in [-0.05, 0) is 45.9 Å². The minimum Gasteiger partial charge on any atom is -0.465 e. The molecule has 1 rings (SSSR count). The summed E-state index contributed by atoms with van der Waals surface area (Å²) in [5, 5.41) is 18.7. The van der Waals surface area contributed by atoms with Gasteiger partial charge < -0.3 is 29.2 Å². The molecule has 0 spiro atoms. The maximum atomic E-state index is 12.8. The highest BCUT2D eigenvalue weighted by atomic mass is 32.2. The summed E-state index contributed by atoms with van der Waals surface area (Å²) in [5.74, 6) is -3.65. The van der Waals surface area contributed by atoms with Crippen LogP contribution in [0.5, 0.6) is 0 Å². The molecule has 0 fully saturated rings. The summed E-state index contributed by atoms with van der Waals surface area (Å²) >= 11 is 0. The Morgan fingerprint density at radius 1 is 0.619 bits per heavy atom. The number of carbonyl (C=O) groups excluding carboxylic acids is 4. The second kappa shape index (κ2) is 13.9. The lowest BCUT2D eigenvalue weighted by Gasteiger charge is -2.26. The predicted molar refractivity (Wildman–Crippen MR) is 148 cm³/mol. The molecule has 0 aliphatic heterocycles. The minimum atomic E-state index is -4.88. The number of aliphatic hydroxyl groups excluding tert-OH is 2. The maximum Gasteiger partial charge on any atom is 0.338 e. The van der Waals surface area contributed by atoms with Crippen LogP contribution >= 0.6 is 0 Å². The van der Waals surface area contributed by atoms with E-state index in [0.717, 1.165) is 18.2 Å². The van der Waals surface area contributed by atoms with Crippen LogP contribution in [0.15, 0.2) is 23.1 Å². The third-order valence-corrected chi connectivity index (χ3v) is 6.78. The number of hydrogen-bond acceptors (Lipinski definition) is 12. The molecule has 0 bridgehead atoms. The predicted octanol–water partition coefficient (Wildman–Crippen LogP) is 2.42. The van der Waals surface area contributed by atoms with Crippen molar-refractivity contribution in [1.29, 1.82) is 0 Å². The molecule has 1 aromatic carbocycles. The quantitative estimate of drug-likeness (QED) is 0.147. The first kappa shape index (κ1) is 37.0. The number of rotatable bonds is 15. The van der Waals surface area contributed by atoms with E-state index in [1.165, 1.54) is 27.7 Å². The van der Waals surface area contributed by atoms with Gasteiger partial charge in [0.1, 0.15) is 13.2 Å². The van der Waals surface area contributed by atoms with E-state index in [2.05, 4.69) is 0 Å². The van der Waals surface area contributed by atoms with Crippen molar-refractivity contribution in [3.8, 4) is 0 Å². The van der Waals surface area contributed by atoms with Crippen LogP contribution in [0.3, 0.4) is 0 Å². The molecule has 0 radical (unpaired) electrons. The van der Waals surface area contributed by atoms with Crippen LogP contribution in [0.25, 0.3) is 0 Å². The Bertz CT molecular complexity index is 1180. The molecule has 14 heteroatoms. The van der Waals surface area contributed by atoms with E-state index in [4.69, 9.17) is 18.9 Å². The summed E-state index contributed by atoms with van der Waals surface area (Å²) in [7, 11) is -4.88. The standard InChI is InChI=1S/C28H42O13S/c1-25(2,12-29)14-40-23(33)27(5,6)16-38-21(31)18-9-19(11-20(10-18)42(35,36)37)22(32)39-17-28(7,8)24(34)41-15-26(3,4)13-30/h9-11,29-30H,12-17H2,1-8H3,(H,35,36,37). The Kier molecular flexibility index (Phi) is 12.3. The van der Waals surface area contributed by atoms with E-state index in [1.807, 2.05) is 0 Å². The van der Waals surface area contributed by atoms with Gasteiger partial charge in [0.15, 0.2) is 0 Å². The van der Waals surface area contributed by atoms with Crippen LogP contribution in [-0.2, 0) is 38.7 Å². The Labute approximate surface area is 246 Å². The van der Waals surface area contributed by atoms with Gasteiger partial charge in [-0.2, -0.15) is 8.42 Å². The van der Waals surface area contributed by atoms with E-state index in [0.29, 0.717) is 0 Å². The van der Waals surface area contributed by atoms with Crippen molar-refractivity contribution in [2.24, 2.45) is 21.7 Å². The summed E-state index contributed by atoms with van der Waals surface area (Å²) in [6.07, 6.45) is 0. The normalized spacial score (nSPS) is 12.8. The lowest BCUT2D eigenvalue weighted by molar-refractivity contribution is -0.160. The summed E-state index contributed by atoms with van der Waals surface area (Å²) in [6.45, 7) is 10.9. The minimum absolute atomic E-state index is 0.0865. The highest BCUT2D eigenvalue weighted by Gasteiger charge is 2.35. The summed E-state index contributed by atoms with van der Waals surface area (Å²) in [6, 6.07) is 2.55. The number of ether oxygens (including phenoxy) is 4. The smallest absolute Gasteiger partial charge is 0.338 e. The molecule has 3 N–H and O–H groups in total. The Hall–Kier alpha value is -3.07. The Morgan fingerprint density at radius 3 is 1.24 bits per heavy atom. The highest BCUT2D eigenvalue weighted by Crippen LogP contribution is 2.25. The number of carbonyl (C=O) groups is 4. The average molecular weight is 619 g/mol. The molecule has 238 valence electrons. The third-order valence-electron chi connectivity index (χ3n) is 5.95. The first-order valence-electron chi connectivity index (χ1n) is 13.0. The third kappa shape index (κ3) is 11.3. The molecule has 0 amide bonds. The maximum absolute atomic E-state index is 12.8. The molecular formula is C28H42O13S. The van der Waals surface area contributed by atoms with Gasteiger partial charge in [0.05, 0.1) is 53.3 Å². The van der Waals surface area contributed by atoms with Crippen molar-refractivity contribution in [3.63, 3.8) is 0 Å². The van der Waals surface area contributed by atoms with E-state index in [1.54, 1.807) is 27.7 Å². The largest absolute Gasteiger partial charge is 0.465 e. The van der Waals surface area contributed by atoms with Crippen molar-refractivity contribution in [1.82, 2.24) is 0 Å².